The van der Waals surface area contributed by atoms with E-state index in [0.29, 0.717) is 11.8 Å². The van der Waals surface area contributed by atoms with Crippen LogP contribution in [0.5, 0.6) is 0 Å². The van der Waals surface area contributed by atoms with Gasteiger partial charge in [-0.25, -0.2) is 0 Å². The normalized spacial score (nSPS) is 11.1. The van der Waals surface area contributed by atoms with Crippen LogP contribution in [0.15, 0.2) is 22.7 Å². The maximum absolute atomic E-state index is 7.51. The first-order valence-corrected chi connectivity index (χ1v) is 7.49. The van der Waals surface area contributed by atoms with Gasteiger partial charge >= 0.3 is 0 Å². The molecular formula is C15H24BrN3. The number of halogens is 1. The van der Waals surface area contributed by atoms with Gasteiger partial charge in [0.15, 0.2) is 0 Å². The molecule has 0 aromatic heterocycles. The summed E-state index contributed by atoms with van der Waals surface area (Å²) in [5.41, 5.74) is 7.47. The Hall–Kier alpha value is -1.03. The molecule has 0 aliphatic carbocycles. The average molecular weight is 326 g/mol. The molecule has 0 atom stereocenters. The van der Waals surface area contributed by atoms with Crippen LogP contribution in [-0.2, 0) is 0 Å². The van der Waals surface area contributed by atoms with Crippen molar-refractivity contribution >= 4 is 27.5 Å². The Morgan fingerprint density at radius 1 is 1.21 bits per heavy atom. The minimum absolute atomic E-state index is 0.0951. The lowest BCUT2D eigenvalue weighted by Crippen LogP contribution is -2.31. The monoisotopic (exact) mass is 325 g/mol. The molecule has 3 nitrogen and oxygen atoms in total. The number of benzene rings is 1. The SMILES string of the molecule is CC(C)CN(CC(C)C)c1ccc(C(=N)N)c(Br)c1. The van der Waals surface area contributed by atoms with Crippen molar-refractivity contribution in [2.24, 2.45) is 17.6 Å². The molecular weight excluding hydrogens is 302 g/mol. The maximum atomic E-state index is 7.51. The van der Waals surface area contributed by atoms with Gasteiger partial charge in [0, 0.05) is 28.8 Å². The fourth-order valence-corrected chi connectivity index (χ4v) is 2.67. The first-order chi connectivity index (χ1) is 8.81. The Morgan fingerprint density at radius 2 is 1.74 bits per heavy atom. The first kappa shape index (κ1) is 16.0. The van der Waals surface area contributed by atoms with Gasteiger partial charge < -0.3 is 10.6 Å². The lowest BCUT2D eigenvalue weighted by Gasteiger charge is -2.29. The molecule has 0 radical (unpaired) electrons. The maximum Gasteiger partial charge on any atom is 0.123 e. The molecule has 0 spiro atoms. The number of rotatable bonds is 6. The molecule has 0 fully saturated rings. The molecule has 0 heterocycles. The molecule has 0 saturated carbocycles. The second-order valence-corrected chi connectivity index (χ2v) is 6.62. The van der Waals surface area contributed by atoms with E-state index in [1.54, 1.807) is 0 Å². The summed E-state index contributed by atoms with van der Waals surface area (Å²) in [5, 5.41) is 7.51. The van der Waals surface area contributed by atoms with Crippen molar-refractivity contribution in [1.29, 1.82) is 5.41 Å². The van der Waals surface area contributed by atoms with Gasteiger partial charge in [-0.05, 0) is 46.0 Å². The van der Waals surface area contributed by atoms with E-state index in [4.69, 9.17) is 11.1 Å². The summed E-state index contributed by atoms with van der Waals surface area (Å²) in [6, 6.07) is 6.02. The second-order valence-electron chi connectivity index (χ2n) is 5.77. The van der Waals surface area contributed by atoms with Crippen molar-refractivity contribution in [3.63, 3.8) is 0 Å². The first-order valence-electron chi connectivity index (χ1n) is 6.70. The minimum Gasteiger partial charge on any atom is -0.384 e. The highest BCUT2D eigenvalue weighted by atomic mass is 79.9. The van der Waals surface area contributed by atoms with Crippen molar-refractivity contribution in [1.82, 2.24) is 0 Å². The third-order valence-corrected chi connectivity index (χ3v) is 3.44. The van der Waals surface area contributed by atoms with Crippen LogP contribution in [0.4, 0.5) is 5.69 Å². The number of anilines is 1. The van der Waals surface area contributed by atoms with Gasteiger partial charge in [-0.2, -0.15) is 0 Å². The molecule has 4 heteroatoms. The Morgan fingerprint density at radius 3 is 2.11 bits per heavy atom. The number of amidine groups is 1. The predicted molar refractivity (Wildman–Crippen MR) is 87.0 cm³/mol. The van der Waals surface area contributed by atoms with Crippen LogP contribution in [0, 0.1) is 17.2 Å². The van der Waals surface area contributed by atoms with Crippen LogP contribution in [0.1, 0.15) is 33.3 Å². The minimum atomic E-state index is 0.0951. The lowest BCUT2D eigenvalue weighted by atomic mass is 10.1. The van der Waals surface area contributed by atoms with Gasteiger partial charge in [0.25, 0.3) is 0 Å². The molecule has 1 aromatic rings. The van der Waals surface area contributed by atoms with E-state index >= 15 is 0 Å². The summed E-state index contributed by atoms with van der Waals surface area (Å²) in [6.45, 7) is 11.0. The number of nitrogens with two attached hydrogens (primary N) is 1. The standard InChI is InChI=1S/C15H24BrN3/c1-10(2)8-19(9-11(3)4)12-5-6-13(15(17)18)14(16)7-12/h5-7,10-11H,8-9H2,1-4H3,(H3,17,18). The third-order valence-electron chi connectivity index (χ3n) is 2.78. The lowest BCUT2D eigenvalue weighted by molar-refractivity contribution is 0.552. The predicted octanol–water partition coefficient (Wildman–Crippen LogP) is 3.85. The van der Waals surface area contributed by atoms with E-state index in [0.717, 1.165) is 23.1 Å². The van der Waals surface area contributed by atoms with Crippen molar-refractivity contribution < 1.29 is 0 Å². The molecule has 0 bridgehead atoms. The number of hydrogen-bond donors (Lipinski definition) is 2. The molecule has 3 N–H and O–H groups in total. The molecule has 0 saturated heterocycles. The number of hydrogen-bond acceptors (Lipinski definition) is 2. The van der Waals surface area contributed by atoms with E-state index in [1.807, 2.05) is 12.1 Å². The highest BCUT2D eigenvalue weighted by Gasteiger charge is 2.12. The zero-order chi connectivity index (χ0) is 14.6. The van der Waals surface area contributed by atoms with Gasteiger partial charge in [0.1, 0.15) is 5.84 Å². The van der Waals surface area contributed by atoms with Gasteiger partial charge in [-0.15, -0.1) is 0 Å². The van der Waals surface area contributed by atoms with Crippen molar-refractivity contribution in [3.05, 3.63) is 28.2 Å². The van der Waals surface area contributed by atoms with Gasteiger partial charge in [-0.3, -0.25) is 5.41 Å². The van der Waals surface area contributed by atoms with Crippen LogP contribution < -0.4 is 10.6 Å². The van der Waals surface area contributed by atoms with Crippen LogP contribution >= 0.6 is 15.9 Å². The van der Waals surface area contributed by atoms with E-state index in [1.165, 1.54) is 5.69 Å². The van der Waals surface area contributed by atoms with Gasteiger partial charge in [0.05, 0.1) is 0 Å². The molecule has 0 unspecified atom stereocenters. The zero-order valence-corrected chi connectivity index (χ0v) is 13.8. The summed E-state index contributed by atoms with van der Waals surface area (Å²) in [5.74, 6) is 1.33. The second kappa shape index (κ2) is 6.94. The average Bonchev–Trinajstić information content (AvgIpc) is 2.26. The summed E-state index contributed by atoms with van der Waals surface area (Å²) in [6.07, 6.45) is 0. The Labute approximate surface area is 124 Å². The van der Waals surface area contributed by atoms with Gasteiger partial charge in [-0.1, -0.05) is 27.7 Å². The molecule has 0 aliphatic rings. The zero-order valence-electron chi connectivity index (χ0n) is 12.2. The fourth-order valence-electron chi connectivity index (χ4n) is 2.09. The Kier molecular flexibility index (Phi) is 5.85. The van der Waals surface area contributed by atoms with Crippen LogP contribution in [0.2, 0.25) is 0 Å². The van der Waals surface area contributed by atoms with E-state index < -0.39 is 0 Å². The highest BCUT2D eigenvalue weighted by Crippen LogP contribution is 2.25. The van der Waals surface area contributed by atoms with E-state index in [2.05, 4.69) is 54.6 Å². The summed E-state index contributed by atoms with van der Waals surface area (Å²) in [7, 11) is 0. The van der Waals surface area contributed by atoms with Crippen LogP contribution in [0.3, 0.4) is 0 Å². The van der Waals surface area contributed by atoms with Crippen molar-refractivity contribution in [2.45, 2.75) is 27.7 Å². The summed E-state index contributed by atoms with van der Waals surface area (Å²) in [4.78, 5) is 2.39. The molecule has 1 aromatic carbocycles. The summed E-state index contributed by atoms with van der Waals surface area (Å²) >= 11 is 3.50. The third kappa shape index (κ3) is 4.86. The number of nitrogen functional groups attached to an aromatic ring is 1. The number of nitrogens with zero attached hydrogens (tertiary/aromatic N) is 1. The smallest absolute Gasteiger partial charge is 0.123 e. The van der Waals surface area contributed by atoms with Crippen molar-refractivity contribution in [2.75, 3.05) is 18.0 Å². The summed E-state index contributed by atoms with van der Waals surface area (Å²) < 4.78 is 0.884. The number of nitrogens with one attached hydrogen (secondary N) is 1. The Balaban J connectivity index is 3.02. The largest absolute Gasteiger partial charge is 0.384 e. The van der Waals surface area contributed by atoms with Crippen LogP contribution in [0.25, 0.3) is 0 Å². The molecule has 1 rings (SSSR count). The van der Waals surface area contributed by atoms with Crippen LogP contribution in [-0.4, -0.2) is 18.9 Å². The highest BCUT2D eigenvalue weighted by molar-refractivity contribution is 9.10. The van der Waals surface area contributed by atoms with E-state index in [9.17, 15) is 0 Å². The molecule has 0 amide bonds. The Bertz CT molecular complexity index is 431. The molecule has 106 valence electrons. The topological polar surface area (TPSA) is 53.1 Å². The van der Waals surface area contributed by atoms with E-state index in [-0.39, 0.29) is 5.84 Å². The fraction of sp³-hybridized carbons (Fsp3) is 0.533. The van der Waals surface area contributed by atoms with Crippen molar-refractivity contribution in [3.8, 4) is 0 Å². The van der Waals surface area contributed by atoms with Gasteiger partial charge in [0.2, 0.25) is 0 Å². The molecule has 0 aliphatic heterocycles. The quantitative estimate of drug-likeness (QED) is 0.616. The molecule has 19 heavy (non-hydrogen) atoms.